The number of ether oxygens (including phenoxy) is 5. The molecule has 0 aromatic heterocycles. The fraction of sp³-hybridized carbons (Fsp3) is 0.333. The number of methoxy groups -OCH3 is 1. The Morgan fingerprint density at radius 2 is 1.09 bits per heavy atom. The highest BCUT2D eigenvalue weighted by molar-refractivity contribution is 5.15. The summed E-state index contributed by atoms with van der Waals surface area (Å²) in [7, 11) is 1.63. The Hall–Kier alpha value is -2.54. The number of rotatable bonds is 11. The van der Waals surface area contributed by atoms with E-state index in [1.807, 2.05) is 91.0 Å². The van der Waals surface area contributed by atoms with Gasteiger partial charge in [-0.05, 0) is 16.7 Å². The molecule has 0 aliphatic carbocycles. The Balaban J connectivity index is 1.42. The topological polar surface area (TPSA) is 46.2 Å². The van der Waals surface area contributed by atoms with E-state index in [1.165, 1.54) is 0 Å². The summed E-state index contributed by atoms with van der Waals surface area (Å²) in [6, 6.07) is 30.3. The van der Waals surface area contributed by atoms with Gasteiger partial charge in [0, 0.05) is 7.11 Å². The van der Waals surface area contributed by atoms with Crippen LogP contribution in [0, 0.1) is 0 Å². The maximum Gasteiger partial charge on any atom is 0.186 e. The summed E-state index contributed by atoms with van der Waals surface area (Å²) in [5.41, 5.74) is 3.31. The minimum atomic E-state index is -0.523. The van der Waals surface area contributed by atoms with Gasteiger partial charge in [-0.25, -0.2) is 0 Å². The van der Waals surface area contributed by atoms with Gasteiger partial charge in [-0.1, -0.05) is 91.0 Å². The van der Waals surface area contributed by atoms with Crippen LogP contribution < -0.4 is 0 Å². The van der Waals surface area contributed by atoms with E-state index >= 15 is 0 Å². The second-order valence-corrected chi connectivity index (χ2v) is 7.80. The predicted molar refractivity (Wildman–Crippen MR) is 122 cm³/mol. The average molecular weight is 435 g/mol. The lowest BCUT2D eigenvalue weighted by Gasteiger charge is -2.24. The summed E-state index contributed by atoms with van der Waals surface area (Å²) < 4.78 is 30.3. The Labute approximate surface area is 189 Å². The third-order valence-electron chi connectivity index (χ3n) is 5.46. The van der Waals surface area contributed by atoms with Crippen LogP contribution in [0.15, 0.2) is 91.0 Å². The van der Waals surface area contributed by atoms with E-state index in [4.69, 9.17) is 23.7 Å². The Morgan fingerprint density at radius 1 is 0.625 bits per heavy atom. The summed E-state index contributed by atoms with van der Waals surface area (Å²) in [5, 5.41) is 0. The van der Waals surface area contributed by atoms with Crippen LogP contribution in [0.3, 0.4) is 0 Å². The normalized spacial score (nSPS) is 22.8. The fourth-order valence-electron chi connectivity index (χ4n) is 3.79. The molecule has 1 unspecified atom stereocenters. The summed E-state index contributed by atoms with van der Waals surface area (Å²) in [4.78, 5) is 0. The van der Waals surface area contributed by atoms with Crippen LogP contribution in [-0.2, 0) is 43.5 Å². The number of hydrogen-bond donors (Lipinski definition) is 0. The van der Waals surface area contributed by atoms with Crippen molar-refractivity contribution < 1.29 is 23.7 Å². The van der Waals surface area contributed by atoms with Crippen LogP contribution >= 0.6 is 0 Å². The first kappa shape index (κ1) is 22.6. The molecular formula is C27H30O5. The van der Waals surface area contributed by atoms with Crippen molar-refractivity contribution in [2.45, 2.75) is 44.4 Å². The van der Waals surface area contributed by atoms with Crippen molar-refractivity contribution in [3.8, 4) is 0 Å². The third kappa shape index (κ3) is 6.25. The highest BCUT2D eigenvalue weighted by Crippen LogP contribution is 2.29. The molecule has 0 amide bonds. The summed E-state index contributed by atoms with van der Waals surface area (Å²) in [6.07, 6.45) is -1.51. The molecule has 3 aromatic carbocycles. The zero-order valence-corrected chi connectivity index (χ0v) is 18.3. The van der Waals surface area contributed by atoms with E-state index in [0.29, 0.717) is 26.4 Å². The van der Waals surface area contributed by atoms with E-state index in [1.54, 1.807) is 7.11 Å². The second-order valence-electron chi connectivity index (χ2n) is 7.80. The van der Waals surface area contributed by atoms with E-state index in [9.17, 15) is 0 Å². The maximum absolute atomic E-state index is 6.33. The van der Waals surface area contributed by atoms with Crippen LogP contribution in [0.25, 0.3) is 0 Å². The average Bonchev–Trinajstić information content (AvgIpc) is 3.19. The largest absolute Gasteiger partial charge is 0.374 e. The van der Waals surface area contributed by atoms with Crippen LogP contribution in [0.1, 0.15) is 16.7 Å². The third-order valence-corrected chi connectivity index (χ3v) is 5.46. The van der Waals surface area contributed by atoms with Crippen LogP contribution in [0.5, 0.6) is 0 Å². The van der Waals surface area contributed by atoms with Crippen molar-refractivity contribution in [1.29, 1.82) is 0 Å². The molecule has 5 heteroatoms. The van der Waals surface area contributed by atoms with Gasteiger partial charge in [0.2, 0.25) is 0 Å². The van der Waals surface area contributed by atoms with Gasteiger partial charge in [-0.3, -0.25) is 0 Å². The number of benzene rings is 3. The van der Waals surface area contributed by atoms with E-state index in [2.05, 4.69) is 0 Å². The molecule has 1 aliphatic heterocycles. The molecule has 4 rings (SSSR count). The molecule has 1 heterocycles. The van der Waals surface area contributed by atoms with Crippen LogP contribution in [-0.4, -0.2) is 38.3 Å². The van der Waals surface area contributed by atoms with Gasteiger partial charge < -0.3 is 23.7 Å². The van der Waals surface area contributed by atoms with Gasteiger partial charge in [0.1, 0.15) is 18.3 Å². The SMILES string of the molecule is CO[C@@H]1O[C@H](COCc2ccccc2)[C@H](OCc2ccccc2)C1OCc1ccccc1. The van der Waals surface area contributed by atoms with Crippen LogP contribution in [0.4, 0.5) is 0 Å². The van der Waals surface area contributed by atoms with Gasteiger partial charge in [0.15, 0.2) is 6.29 Å². The molecule has 0 N–H and O–H groups in total. The minimum Gasteiger partial charge on any atom is -0.374 e. The lowest BCUT2D eigenvalue weighted by molar-refractivity contribution is -0.170. The molecule has 0 bridgehead atoms. The second kappa shape index (κ2) is 11.9. The fourth-order valence-corrected chi connectivity index (χ4v) is 3.79. The van der Waals surface area contributed by atoms with Crippen molar-refractivity contribution in [3.63, 3.8) is 0 Å². The van der Waals surface area contributed by atoms with Crippen molar-refractivity contribution in [2.75, 3.05) is 13.7 Å². The van der Waals surface area contributed by atoms with E-state index in [0.717, 1.165) is 16.7 Å². The molecule has 0 radical (unpaired) electrons. The molecule has 5 nitrogen and oxygen atoms in total. The zero-order chi connectivity index (χ0) is 22.0. The first-order chi connectivity index (χ1) is 15.8. The molecule has 3 aromatic rings. The minimum absolute atomic E-state index is 0.298. The highest BCUT2D eigenvalue weighted by atomic mass is 16.7. The predicted octanol–water partition coefficient (Wildman–Crippen LogP) is 4.75. The summed E-state index contributed by atoms with van der Waals surface area (Å²) in [6.45, 7) is 1.82. The quantitative estimate of drug-likeness (QED) is 0.436. The summed E-state index contributed by atoms with van der Waals surface area (Å²) in [5.74, 6) is 0. The molecule has 4 atom stereocenters. The first-order valence-corrected chi connectivity index (χ1v) is 10.9. The van der Waals surface area contributed by atoms with E-state index < -0.39 is 6.29 Å². The van der Waals surface area contributed by atoms with Gasteiger partial charge in [0.05, 0.1) is 26.4 Å². The number of hydrogen-bond acceptors (Lipinski definition) is 5. The Morgan fingerprint density at radius 3 is 1.59 bits per heavy atom. The smallest absolute Gasteiger partial charge is 0.186 e. The monoisotopic (exact) mass is 434 g/mol. The zero-order valence-electron chi connectivity index (χ0n) is 18.3. The first-order valence-electron chi connectivity index (χ1n) is 10.9. The molecule has 1 saturated heterocycles. The molecule has 1 fully saturated rings. The molecule has 168 valence electrons. The molecule has 0 spiro atoms. The van der Waals surface area contributed by atoms with E-state index in [-0.39, 0.29) is 18.3 Å². The van der Waals surface area contributed by atoms with Crippen molar-refractivity contribution in [3.05, 3.63) is 108 Å². The maximum atomic E-state index is 6.33. The van der Waals surface area contributed by atoms with Crippen LogP contribution in [0.2, 0.25) is 0 Å². The lowest BCUT2D eigenvalue weighted by Crippen LogP contribution is -2.39. The molecular weight excluding hydrogens is 404 g/mol. The molecule has 1 aliphatic rings. The molecule has 0 saturated carbocycles. The lowest BCUT2D eigenvalue weighted by atomic mass is 10.1. The van der Waals surface area contributed by atoms with Crippen molar-refractivity contribution >= 4 is 0 Å². The van der Waals surface area contributed by atoms with Crippen molar-refractivity contribution in [2.24, 2.45) is 0 Å². The standard InChI is InChI=1S/C27H30O5/c1-28-27-26(31-19-23-15-9-4-10-16-23)25(30-18-22-13-7-3-8-14-22)24(32-27)20-29-17-21-11-5-2-6-12-21/h2-16,24-27H,17-20H2,1H3/t24-,25+,26?,27-/m1/s1. The Bertz CT molecular complexity index is 903. The highest BCUT2D eigenvalue weighted by Gasteiger charge is 2.46. The molecule has 32 heavy (non-hydrogen) atoms. The van der Waals surface area contributed by atoms with Gasteiger partial charge in [-0.2, -0.15) is 0 Å². The van der Waals surface area contributed by atoms with Gasteiger partial charge >= 0.3 is 0 Å². The van der Waals surface area contributed by atoms with Gasteiger partial charge in [-0.15, -0.1) is 0 Å². The summed E-state index contributed by atoms with van der Waals surface area (Å²) >= 11 is 0. The van der Waals surface area contributed by atoms with Crippen molar-refractivity contribution in [1.82, 2.24) is 0 Å². The van der Waals surface area contributed by atoms with Gasteiger partial charge in [0.25, 0.3) is 0 Å². The Kier molecular flexibility index (Phi) is 8.42.